The van der Waals surface area contributed by atoms with Gasteiger partial charge in [0.2, 0.25) is 5.91 Å². The Bertz CT molecular complexity index is 422. The third-order valence-electron chi connectivity index (χ3n) is 2.57. The van der Waals surface area contributed by atoms with Gasteiger partial charge in [-0.3, -0.25) is 4.79 Å². The molecule has 0 aromatic heterocycles. The topological polar surface area (TPSA) is 43.1 Å². The van der Waals surface area contributed by atoms with Crippen molar-refractivity contribution < 1.29 is 4.79 Å². The van der Waals surface area contributed by atoms with E-state index in [1.54, 1.807) is 0 Å². The number of benzene rings is 1. The van der Waals surface area contributed by atoms with Crippen LogP contribution >= 0.6 is 45.8 Å². The molecule has 0 aliphatic heterocycles. The normalized spacial score (nSPS) is 27.4. The third-order valence-corrected chi connectivity index (χ3v) is 4.18. The summed E-state index contributed by atoms with van der Waals surface area (Å²) in [4.78, 5) is 11.1. The summed E-state index contributed by atoms with van der Waals surface area (Å²) in [6, 6.07) is 7.76. The molecule has 1 aromatic carbocycles. The average Bonchev–Trinajstić information content (AvgIpc) is 2.69. The lowest BCUT2D eigenvalue weighted by molar-refractivity contribution is -0.119. The van der Waals surface area contributed by atoms with Crippen molar-refractivity contribution in [2.45, 2.75) is 10.3 Å². The van der Waals surface area contributed by atoms with Crippen molar-refractivity contribution in [2.75, 3.05) is 0 Å². The third kappa shape index (κ3) is 1.97. The summed E-state index contributed by atoms with van der Waals surface area (Å²) in [7, 11) is 0. The Labute approximate surface area is 111 Å². The van der Waals surface area contributed by atoms with Gasteiger partial charge in [0.25, 0.3) is 0 Å². The fourth-order valence-corrected chi connectivity index (χ4v) is 3.21. The van der Waals surface area contributed by atoms with Crippen LogP contribution in [0.1, 0.15) is 11.5 Å². The van der Waals surface area contributed by atoms with Crippen LogP contribution in [0.25, 0.3) is 0 Å². The van der Waals surface area contributed by atoms with Crippen LogP contribution in [0, 0.1) is 9.49 Å². The molecule has 0 radical (unpaired) electrons. The zero-order valence-electron chi connectivity index (χ0n) is 7.58. The molecule has 2 unspecified atom stereocenters. The highest BCUT2D eigenvalue weighted by atomic mass is 127. The number of carbonyl (C=O) groups excluding carboxylic acids is 1. The molecule has 2 atom stereocenters. The summed E-state index contributed by atoms with van der Waals surface area (Å²) in [6.45, 7) is 0. The van der Waals surface area contributed by atoms with Crippen molar-refractivity contribution >= 4 is 51.7 Å². The van der Waals surface area contributed by atoms with Crippen LogP contribution in [0.3, 0.4) is 0 Å². The van der Waals surface area contributed by atoms with E-state index in [2.05, 4.69) is 22.6 Å². The number of amides is 1. The number of rotatable bonds is 2. The second-order valence-corrected chi connectivity index (χ2v) is 6.28. The first kappa shape index (κ1) is 11.5. The quantitative estimate of drug-likeness (QED) is 0.643. The second kappa shape index (κ2) is 3.79. The molecule has 2 nitrogen and oxygen atoms in total. The van der Waals surface area contributed by atoms with Crippen LogP contribution in [0.5, 0.6) is 0 Å². The SMILES string of the molecule is NC(=O)C1C(c2cccc(I)c2)C1(Cl)Cl. The zero-order chi connectivity index (χ0) is 11.2. The van der Waals surface area contributed by atoms with E-state index in [9.17, 15) is 4.79 Å². The minimum absolute atomic E-state index is 0.173. The molecule has 2 N–H and O–H groups in total. The van der Waals surface area contributed by atoms with Crippen LogP contribution in [-0.4, -0.2) is 10.2 Å². The minimum Gasteiger partial charge on any atom is -0.369 e. The van der Waals surface area contributed by atoms with E-state index in [1.165, 1.54) is 0 Å². The molecule has 5 heteroatoms. The molecule has 80 valence electrons. The molecule has 0 heterocycles. The van der Waals surface area contributed by atoms with Crippen LogP contribution in [-0.2, 0) is 4.79 Å². The van der Waals surface area contributed by atoms with E-state index >= 15 is 0 Å². The van der Waals surface area contributed by atoms with Crippen molar-refractivity contribution in [3.63, 3.8) is 0 Å². The number of carbonyl (C=O) groups is 1. The van der Waals surface area contributed by atoms with Crippen molar-refractivity contribution in [3.8, 4) is 0 Å². The first-order chi connectivity index (χ1) is 6.94. The lowest BCUT2D eigenvalue weighted by atomic mass is 10.1. The van der Waals surface area contributed by atoms with Gasteiger partial charge in [0, 0.05) is 9.49 Å². The van der Waals surface area contributed by atoms with E-state index < -0.39 is 16.2 Å². The number of alkyl halides is 2. The molecular formula is C10H8Cl2INO. The summed E-state index contributed by atoms with van der Waals surface area (Å²) < 4.78 is 0.0559. The number of nitrogens with two attached hydrogens (primary N) is 1. The Morgan fingerprint density at radius 1 is 1.47 bits per heavy atom. The molecule has 1 fully saturated rings. The van der Waals surface area contributed by atoms with Gasteiger partial charge in [-0.05, 0) is 40.3 Å². The first-order valence-electron chi connectivity index (χ1n) is 4.37. The van der Waals surface area contributed by atoms with Gasteiger partial charge in [0.15, 0.2) is 0 Å². The van der Waals surface area contributed by atoms with Crippen LogP contribution in [0.2, 0.25) is 0 Å². The molecule has 15 heavy (non-hydrogen) atoms. The van der Waals surface area contributed by atoms with E-state index in [1.807, 2.05) is 24.3 Å². The predicted octanol–water partition coefficient (Wildman–Crippen LogP) is 2.66. The summed E-state index contributed by atoms with van der Waals surface area (Å²) in [5.41, 5.74) is 6.20. The number of hydrogen-bond donors (Lipinski definition) is 1. The molecule has 2 rings (SSSR count). The zero-order valence-corrected chi connectivity index (χ0v) is 11.3. The Hall–Kier alpha value is -0.000000000000000222. The maximum atomic E-state index is 11.1. The van der Waals surface area contributed by atoms with Gasteiger partial charge in [-0.25, -0.2) is 0 Å². The molecule has 1 saturated carbocycles. The Balaban J connectivity index is 2.31. The first-order valence-corrected chi connectivity index (χ1v) is 6.20. The Morgan fingerprint density at radius 3 is 2.60 bits per heavy atom. The van der Waals surface area contributed by atoms with E-state index in [-0.39, 0.29) is 5.92 Å². The summed E-state index contributed by atoms with van der Waals surface area (Å²) in [5, 5.41) is 0. The van der Waals surface area contributed by atoms with Crippen LogP contribution in [0.4, 0.5) is 0 Å². The molecule has 0 spiro atoms. The van der Waals surface area contributed by atoms with E-state index in [0.29, 0.717) is 0 Å². The fourth-order valence-electron chi connectivity index (χ4n) is 1.80. The van der Waals surface area contributed by atoms with Gasteiger partial charge in [-0.2, -0.15) is 0 Å². The maximum Gasteiger partial charge on any atom is 0.224 e. The smallest absolute Gasteiger partial charge is 0.224 e. The van der Waals surface area contributed by atoms with Gasteiger partial charge in [-0.1, -0.05) is 12.1 Å². The highest BCUT2D eigenvalue weighted by Crippen LogP contribution is 2.64. The predicted molar refractivity (Wildman–Crippen MR) is 69.0 cm³/mol. The highest BCUT2D eigenvalue weighted by molar-refractivity contribution is 14.1. The Kier molecular flexibility index (Phi) is 2.90. The monoisotopic (exact) mass is 355 g/mol. The highest BCUT2D eigenvalue weighted by Gasteiger charge is 2.67. The number of primary amides is 1. The maximum absolute atomic E-state index is 11.1. The number of hydrogen-bond acceptors (Lipinski definition) is 1. The van der Waals surface area contributed by atoms with E-state index in [0.717, 1.165) is 9.13 Å². The van der Waals surface area contributed by atoms with Gasteiger partial charge < -0.3 is 5.73 Å². The molecule has 0 bridgehead atoms. The van der Waals surface area contributed by atoms with Crippen LogP contribution in [0.15, 0.2) is 24.3 Å². The van der Waals surface area contributed by atoms with Crippen molar-refractivity contribution in [1.82, 2.24) is 0 Å². The van der Waals surface area contributed by atoms with Crippen molar-refractivity contribution in [1.29, 1.82) is 0 Å². The number of halogens is 3. The fraction of sp³-hybridized carbons (Fsp3) is 0.300. The van der Waals surface area contributed by atoms with E-state index in [4.69, 9.17) is 28.9 Å². The molecule has 1 aromatic rings. The summed E-state index contributed by atoms with van der Waals surface area (Å²) in [6.07, 6.45) is 0. The van der Waals surface area contributed by atoms with Crippen molar-refractivity contribution in [2.24, 2.45) is 11.7 Å². The standard InChI is InChI=1S/C10H8Cl2INO/c11-10(12)7(8(10)9(14)15)5-2-1-3-6(13)4-5/h1-4,7-8H,(H2,14,15). The van der Waals surface area contributed by atoms with Crippen LogP contribution < -0.4 is 5.73 Å². The molecule has 1 aliphatic carbocycles. The lowest BCUT2D eigenvalue weighted by Crippen LogP contribution is -2.16. The average molecular weight is 356 g/mol. The Morgan fingerprint density at radius 2 is 2.13 bits per heavy atom. The van der Waals surface area contributed by atoms with Gasteiger partial charge in [-0.15, -0.1) is 23.2 Å². The summed E-state index contributed by atoms with van der Waals surface area (Å²) in [5.74, 6) is -1.09. The molecule has 1 amide bonds. The minimum atomic E-state index is -1.03. The van der Waals surface area contributed by atoms with Gasteiger partial charge in [0.05, 0.1) is 5.92 Å². The molecular weight excluding hydrogens is 348 g/mol. The lowest BCUT2D eigenvalue weighted by Gasteiger charge is -2.00. The molecule has 0 saturated heterocycles. The largest absolute Gasteiger partial charge is 0.369 e. The molecule has 1 aliphatic rings. The summed E-state index contributed by atoms with van der Waals surface area (Å²) >= 11 is 14.2. The van der Waals surface area contributed by atoms with Gasteiger partial charge in [0.1, 0.15) is 4.33 Å². The second-order valence-electron chi connectivity index (χ2n) is 3.59. The van der Waals surface area contributed by atoms with Gasteiger partial charge >= 0.3 is 0 Å². The van der Waals surface area contributed by atoms with Crippen molar-refractivity contribution in [3.05, 3.63) is 33.4 Å².